The number of carbonyl (C=O) groups excluding carboxylic acids is 1. The van der Waals surface area contributed by atoms with E-state index in [-0.39, 0.29) is 18.2 Å². The summed E-state index contributed by atoms with van der Waals surface area (Å²) in [5.74, 6) is -0.861. The quantitative estimate of drug-likeness (QED) is 0.792. The Balaban J connectivity index is 2.05. The zero-order valence-electron chi connectivity index (χ0n) is 11.6. The zero-order chi connectivity index (χ0) is 15.2. The van der Waals surface area contributed by atoms with E-state index in [4.69, 9.17) is 16.7 Å². The molecule has 4 nitrogen and oxygen atoms in total. The normalized spacial score (nSPS) is 18.4. The van der Waals surface area contributed by atoms with Crippen molar-refractivity contribution in [3.63, 3.8) is 0 Å². The maximum atomic E-state index is 12.1. The molecule has 1 aromatic rings. The smallest absolute Gasteiger partial charge is 0.305 e. The van der Waals surface area contributed by atoms with E-state index in [1.165, 1.54) is 0 Å². The summed E-state index contributed by atoms with van der Waals surface area (Å²) in [7, 11) is 0. The van der Waals surface area contributed by atoms with Gasteiger partial charge in [0.05, 0.1) is 12.5 Å². The molecule has 0 spiro atoms. The third-order valence-corrected chi connectivity index (χ3v) is 3.90. The van der Waals surface area contributed by atoms with Crippen LogP contribution in [0.15, 0.2) is 36.4 Å². The van der Waals surface area contributed by atoms with Gasteiger partial charge in [-0.05, 0) is 30.4 Å². The van der Waals surface area contributed by atoms with Gasteiger partial charge in [0.15, 0.2) is 0 Å². The fraction of sp³-hybridized carbons (Fsp3) is 0.375. The van der Waals surface area contributed by atoms with Crippen molar-refractivity contribution < 1.29 is 14.7 Å². The van der Waals surface area contributed by atoms with Gasteiger partial charge in [0, 0.05) is 11.4 Å². The van der Waals surface area contributed by atoms with Gasteiger partial charge in [0.2, 0.25) is 5.91 Å². The molecule has 1 aliphatic rings. The molecule has 1 aromatic carbocycles. The van der Waals surface area contributed by atoms with Crippen molar-refractivity contribution in [2.75, 3.05) is 0 Å². The van der Waals surface area contributed by atoms with Crippen molar-refractivity contribution in [2.45, 2.75) is 31.7 Å². The van der Waals surface area contributed by atoms with Gasteiger partial charge in [-0.1, -0.05) is 42.0 Å². The third-order valence-electron chi connectivity index (χ3n) is 3.55. The molecule has 21 heavy (non-hydrogen) atoms. The first-order chi connectivity index (χ1) is 10.1. The van der Waals surface area contributed by atoms with Crippen molar-refractivity contribution in [2.24, 2.45) is 5.92 Å². The van der Waals surface area contributed by atoms with Gasteiger partial charge in [-0.15, -0.1) is 0 Å². The number of hydrogen-bond acceptors (Lipinski definition) is 2. The van der Waals surface area contributed by atoms with Gasteiger partial charge in [-0.3, -0.25) is 9.59 Å². The van der Waals surface area contributed by atoms with E-state index in [0.29, 0.717) is 17.0 Å². The van der Waals surface area contributed by atoms with Gasteiger partial charge in [-0.25, -0.2) is 0 Å². The van der Waals surface area contributed by atoms with E-state index in [1.807, 2.05) is 6.08 Å². The van der Waals surface area contributed by atoms with Crippen molar-refractivity contribution in [3.8, 4) is 0 Å². The Labute approximate surface area is 128 Å². The number of halogens is 1. The van der Waals surface area contributed by atoms with Crippen molar-refractivity contribution in [3.05, 3.63) is 47.0 Å². The minimum atomic E-state index is -0.971. The molecule has 5 heteroatoms. The number of carboxylic acid groups (broad SMARTS) is 1. The first-order valence-corrected chi connectivity index (χ1v) is 7.36. The van der Waals surface area contributed by atoms with Crippen molar-refractivity contribution in [1.82, 2.24) is 5.32 Å². The highest BCUT2D eigenvalue weighted by Crippen LogP contribution is 2.26. The van der Waals surface area contributed by atoms with Gasteiger partial charge < -0.3 is 10.4 Å². The lowest BCUT2D eigenvalue weighted by molar-refractivity contribution is -0.137. The summed E-state index contributed by atoms with van der Waals surface area (Å²) in [6, 6.07) is 6.38. The summed E-state index contributed by atoms with van der Waals surface area (Å²) in [4.78, 5) is 23.1. The molecular formula is C16H18ClNO3. The van der Waals surface area contributed by atoms with Crippen LogP contribution < -0.4 is 5.32 Å². The molecule has 1 aliphatic carbocycles. The predicted molar refractivity (Wildman–Crippen MR) is 81.1 cm³/mol. The van der Waals surface area contributed by atoms with Gasteiger partial charge in [0.25, 0.3) is 0 Å². The number of amides is 1. The third kappa shape index (κ3) is 4.60. The summed E-state index contributed by atoms with van der Waals surface area (Å²) in [5, 5.41) is 12.3. The molecule has 1 amide bonds. The molecule has 0 bridgehead atoms. The number of hydrogen-bond donors (Lipinski definition) is 2. The number of carboxylic acids is 1. The lowest BCUT2D eigenvalue weighted by Crippen LogP contribution is -2.31. The molecule has 0 heterocycles. The fourth-order valence-electron chi connectivity index (χ4n) is 2.53. The van der Waals surface area contributed by atoms with E-state index in [1.54, 1.807) is 24.3 Å². The van der Waals surface area contributed by atoms with E-state index < -0.39 is 12.0 Å². The maximum Gasteiger partial charge on any atom is 0.305 e. The standard InChI is InChI=1S/C16H18ClNO3/c17-13-8-4-3-7-12(13)14(10-16(20)21)18-15(19)9-11-5-1-2-6-11/h1,3-5,7-8,11,14H,2,6,9-10H2,(H,18,19)(H,20,21)/t11-,14+/m0/s1. The van der Waals surface area contributed by atoms with Crippen LogP contribution in [0.2, 0.25) is 5.02 Å². The van der Waals surface area contributed by atoms with E-state index in [0.717, 1.165) is 12.8 Å². The lowest BCUT2D eigenvalue weighted by atomic mass is 10.0. The summed E-state index contributed by atoms with van der Waals surface area (Å²) in [5.41, 5.74) is 0.636. The van der Waals surface area contributed by atoms with Crippen LogP contribution in [-0.4, -0.2) is 17.0 Å². The Morgan fingerprint density at radius 2 is 2.14 bits per heavy atom. The van der Waals surface area contributed by atoms with Crippen LogP contribution in [0.4, 0.5) is 0 Å². The monoisotopic (exact) mass is 307 g/mol. The predicted octanol–water partition coefficient (Wildman–Crippen LogP) is 3.33. The molecule has 0 aliphatic heterocycles. The SMILES string of the molecule is O=C(O)C[C@@H](NC(=O)C[C@H]1C=CCC1)c1ccccc1Cl. The highest BCUT2D eigenvalue weighted by Gasteiger charge is 2.22. The second-order valence-corrected chi connectivity index (χ2v) is 5.62. The molecule has 0 unspecified atom stereocenters. The lowest BCUT2D eigenvalue weighted by Gasteiger charge is -2.19. The molecule has 0 aromatic heterocycles. The molecule has 0 saturated carbocycles. The maximum absolute atomic E-state index is 12.1. The second-order valence-electron chi connectivity index (χ2n) is 5.21. The average molecular weight is 308 g/mol. The summed E-state index contributed by atoms with van der Waals surface area (Å²) in [6.07, 6.45) is 6.29. The van der Waals surface area contributed by atoms with Crippen LogP contribution in [-0.2, 0) is 9.59 Å². The number of rotatable bonds is 6. The highest BCUT2D eigenvalue weighted by molar-refractivity contribution is 6.31. The van der Waals surface area contributed by atoms with Crippen LogP contribution >= 0.6 is 11.6 Å². The van der Waals surface area contributed by atoms with Crippen LogP contribution in [0.5, 0.6) is 0 Å². The molecule has 0 saturated heterocycles. The van der Waals surface area contributed by atoms with Gasteiger partial charge in [-0.2, -0.15) is 0 Å². The van der Waals surface area contributed by atoms with Crippen LogP contribution in [0.1, 0.15) is 37.3 Å². The number of carbonyl (C=O) groups is 2. The molecule has 0 radical (unpaired) electrons. The van der Waals surface area contributed by atoms with Gasteiger partial charge >= 0.3 is 5.97 Å². The van der Waals surface area contributed by atoms with E-state index >= 15 is 0 Å². The minimum Gasteiger partial charge on any atom is -0.481 e. The van der Waals surface area contributed by atoms with Crippen molar-refractivity contribution >= 4 is 23.5 Å². The Morgan fingerprint density at radius 1 is 1.38 bits per heavy atom. The minimum absolute atomic E-state index is 0.141. The molecular weight excluding hydrogens is 290 g/mol. The number of aliphatic carboxylic acids is 1. The topological polar surface area (TPSA) is 66.4 Å². The Hall–Kier alpha value is -1.81. The number of allylic oxidation sites excluding steroid dienone is 2. The van der Waals surface area contributed by atoms with Crippen molar-refractivity contribution in [1.29, 1.82) is 0 Å². The molecule has 2 N–H and O–H groups in total. The number of benzene rings is 1. The molecule has 0 fully saturated rings. The Kier molecular flexibility index (Phi) is 5.39. The first kappa shape index (κ1) is 15.6. The zero-order valence-corrected chi connectivity index (χ0v) is 12.3. The second kappa shape index (κ2) is 7.27. The average Bonchev–Trinajstić information content (AvgIpc) is 2.90. The van der Waals surface area contributed by atoms with Crippen LogP contribution in [0.3, 0.4) is 0 Å². The summed E-state index contributed by atoms with van der Waals surface area (Å²) in [6.45, 7) is 0. The summed E-state index contributed by atoms with van der Waals surface area (Å²) < 4.78 is 0. The summed E-state index contributed by atoms with van der Waals surface area (Å²) >= 11 is 6.10. The Bertz CT molecular complexity index is 556. The number of nitrogens with one attached hydrogen (secondary N) is 1. The Morgan fingerprint density at radius 3 is 2.76 bits per heavy atom. The van der Waals surface area contributed by atoms with Crippen LogP contribution in [0.25, 0.3) is 0 Å². The van der Waals surface area contributed by atoms with E-state index in [9.17, 15) is 9.59 Å². The molecule has 2 rings (SSSR count). The first-order valence-electron chi connectivity index (χ1n) is 6.98. The fourth-order valence-corrected chi connectivity index (χ4v) is 2.80. The van der Waals surface area contributed by atoms with Crippen LogP contribution in [0, 0.1) is 5.92 Å². The highest BCUT2D eigenvalue weighted by atomic mass is 35.5. The molecule has 112 valence electrons. The largest absolute Gasteiger partial charge is 0.481 e. The molecule has 2 atom stereocenters. The van der Waals surface area contributed by atoms with Gasteiger partial charge in [0.1, 0.15) is 0 Å². The van der Waals surface area contributed by atoms with E-state index in [2.05, 4.69) is 11.4 Å².